The lowest BCUT2D eigenvalue weighted by atomic mass is 10.2. The first kappa shape index (κ1) is 13.2. The fourth-order valence-corrected chi connectivity index (χ4v) is 3.69. The molecule has 20 heavy (non-hydrogen) atoms. The van der Waals surface area contributed by atoms with Crippen LogP contribution < -0.4 is 4.74 Å². The van der Waals surface area contributed by atoms with Crippen LogP contribution in [-0.2, 0) is 9.84 Å². The van der Waals surface area contributed by atoms with Gasteiger partial charge in [-0.2, -0.15) is 0 Å². The van der Waals surface area contributed by atoms with Gasteiger partial charge in [0.05, 0.1) is 9.80 Å². The van der Waals surface area contributed by atoms with E-state index in [9.17, 15) is 8.42 Å². The zero-order chi connectivity index (χ0) is 14.2. The van der Waals surface area contributed by atoms with Gasteiger partial charge in [0.25, 0.3) is 0 Å². The standard InChI is InChI=1S/C15H11ClO3S/c16-12-6-7-15-11(8-12)9-14(20(15,17)18)10-19-13-4-2-1-3-5-13/h1-9H,10H2. The second-order valence-corrected chi connectivity index (χ2v) is 6.81. The molecule has 0 fully saturated rings. The lowest BCUT2D eigenvalue weighted by Crippen LogP contribution is -2.08. The van der Waals surface area contributed by atoms with Gasteiger partial charge in [-0.05, 0) is 42.0 Å². The lowest BCUT2D eigenvalue weighted by Gasteiger charge is -2.07. The van der Waals surface area contributed by atoms with E-state index in [2.05, 4.69) is 0 Å². The number of rotatable bonds is 3. The Labute approximate surface area is 122 Å². The third kappa shape index (κ3) is 2.32. The summed E-state index contributed by atoms with van der Waals surface area (Å²) in [6, 6.07) is 13.9. The van der Waals surface area contributed by atoms with Crippen molar-refractivity contribution >= 4 is 27.5 Å². The van der Waals surface area contributed by atoms with Crippen molar-refractivity contribution in [2.45, 2.75) is 4.90 Å². The Balaban J connectivity index is 1.87. The summed E-state index contributed by atoms with van der Waals surface area (Å²) in [5, 5.41) is 0.514. The average Bonchev–Trinajstić information content (AvgIpc) is 2.68. The molecule has 0 unspecified atom stereocenters. The summed E-state index contributed by atoms with van der Waals surface area (Å²) < 4.78 is 30.2. The predicted octanol–water partition coefficient (Wildman–Crippen LogP) is 3.55. The van der Waals surface area contributed by atoms with E-state index in [1.165, 1.54) is 6.07 Å². The van der Waals surface area contributed by atoms with E-state index >= 15 is 0 Å². The topological polar surface area (TPSA) is 43.4 Å². The molecule has 0 saturated carbocycles. The number of hydrogen-bond acceptors (Lipinski definition) is 3. The maximum Gasteiger partial charge on any atom is 0.206 e. The first-order valence-electron chi connectivity index (χ1n) is 6.00. The van der Waals surface area contributed by atoms with Crippen molar-refractivity contribution in [3.63, 3.8) is 0 Å². The Hall–Kier alpha value is -1.78. The number of halogens is 1. The highest BCUT2D eigenvalue weighted by Crippen LogP contribution is 2.34. The van der Waals surface area contributed by atoms with Crippen LogP contribution in [0, 0.1) is 0 Å². The lowest BCUT2D eigenvalue weighted by molar-refractivity contribution is 0.359. The van der Waals surface area contributed by atoms with E-state index < -0.39 is 9.84 Å². The molecule has 0 aromatic heterocycles. The molecule has 0 atom stereocenters. The molecule has 1 aliphatic rings. The summed E-state index contributed by atoms with van der Waals surface area (Å²) in [6.45, 7) is 0.0125. The van der Waals surface area contributed by atoms with Gasteiger partial charge in [-0.3, -0.25) is 0 Å². The predicted molar refractivity (Wildman–Crippen MR) is 78.6 cm³/mol. The third-order valence-electron chi connectivity index (χ3n) is 3.05. The van der Waals surface area contributed by atoms with Crippen molar-refractivity contribution in [2.75, 3.05) is 6.61 Å². The second kappa shape index (κ2) is 4.96. The summed E-state index contributed by atoms with van der Waals surface area (Å²) in [5.41, 5.74) is 0.615. The van der Waals surface area contributed by atoms with Gasteiger partial charge >= 0.3 is 0 Å². The molecule has 0 spiro atoms. The van der Waals surface area contributed by atoms with Gasteiger partial charge in [-0.1, -0.05) is 29.8 Å². The third-order valence-corrected chi connectivity index (χ3v) is 5.16. The van der Waals surface area contributed by atoms with E-state index in [-0.39, 0.29) is 16.4 Å². The van der Waals surface area contributed by atoms with Gasteiger partial charge in [-0.15, -0.1) is 0 Å². The highest BCUT2D eigenvalue weighted by Gasteiger charge is 2.29. The number of sulfone groups is 1. The Kier molecular flexibility index (Phi) is 3.28. The number of hydrogen-bond donors (Lipinski definition) is 0. The zero-order valence-electron chi connectivity index (χ0n) is 10.4. The Bertz CT molecular complexity index is 780. The van der Waals surface area contributed by atoms with Gasteiger partial charge in [0.15, 0.2) is 0 Å². The van der Waals surface area contributed by atoms with Crippen molar-refractivity contribution in [3.05, 3.63) is 64.0 Å². The van der Waals surface area contributed by atoms with E-state index in [1.807, 2.05) is 18.2 Å². The molecule has 3 nitrogen and oxygen atoms in total. The van der Waals surface area contributed by atoms with Gasteiger partial charge in [0.2, 0.25) is 9.84 Å². The molecule has 1 heterocycles. The van der Waals surface area contributed by atoms with Crippen LogP contribution in [0.2, 0.25) is 5.02 Å². The van der Waals surface area contributed by atoms with Crippen molar-refractivity contribution in [3.8, 4) is 5.75 Å². The smallest absolute Gasteiger partial charge is 0.206 e. The maximum absolute atomic E-state index is 12.3. The molecule has 1 aliphatic heterocycles. The number of para-hydroxylation sites is 1. The molecular weight excluding hydrogens is 296 g/mol. The van der Waals surface area contributed by atoms with Crippen molar-refractivity contribution in [1.29, 1.82) is 0 Å². The minimum Gasteiger partial charge on any atom is -0.488 e. The average molecular weight is 307 g/mol. The summed E-state index contributed by atoms with van der Waals surface area (Å²) in [6.07, 6.45) is 1.61. The molecule has 2 aromatic carbocycles. The van der Waals surface area contributed by atoms with Crippen LogP contribution in [-0.4, -0.2) is 15.0 Å². The van der Waals surface area contributed by atoms with Crippen molar-refractivity contribution in [2.24, 2.45) is 0 Å². The summed E-state index contributed by atoms with van der Waals surface area (Å²) in [4.78, 5) is 0.534. The van der Waals surface area contributed by atoms with Crippen molar-refractivity contribution in [1.82, 2.24) is 0 Å². The highest BCUT2D eigenvalue weighted by atomic mass is 35.5. The summed E-state index contributed by atoms with van der Waals surface area (Å²) in [5.74, 6) is 0.637. The number of ether oxygens (including phenoxy) is 1. The summed E-state index contributed by atoms with van der Waals surface area (Å²) >= 11 is 5.88. The zero-order valence-corrected chi connectivity index (χ0v) is 12.0. The molecule has 0 radical (unpaired) electrons. The van der Waals surface area contributed by atoms with Gasteiger partial charge < -0.3 is 4.74 Å². The Morgan fingerprint density at radius 1 is 1.05 bits per heavy atom. The highest BCUT2D eigenvalue weighted by molar-refractivity contribution is 7.95. The van der Waals surface area contributed by atoms with Crippen LogP contribution in [0.15, 0.2) is 58.3 Å². The van der Waals surface area contributed by atoms with Gasteiger partial charge in [0.1, 0.15) is 12.4 Å². The Morgan fingerprint density at radius 2 is 1.80 bits per heavy atom. The first-order chi connectivity index (χ1) is 9.57. The second-order valence-electron chi connectivity index (χ2n) is 4.40. The number of fused-ring (bicyclic) bond motifs is 1. The normalized spacial score (nSPS) is 15.6. The Morgan fingerprint density at radius 3 is 2.55 bits per heavy atom. The van der Waals surface area contributed by atoms with Gasteiger partial charge in [-0.25, -0.2) is 8.42 Å². The SMILES string of the molecule is O=S1(=O)C(COc2ccccc2)=Cc2cc(Cl)ccc21. The van der Waals surface area contributed by atoms with Crippen LogP contribution in [0.25, 0.3) is 6.08 Å². The van der Waals surface area contributed by atoms with Crippen LogP contribution in [0.5, 0.6) is 5.75 Å². The van der Waals surface area contributed by atoms with Crippen LogP contribution in [0.4, 0.5) is 0 Å². The molecule has 0 saturated heterocycles. The minimum atomic E-state index is -3.46. The molecule has 102 valence electrons. The summed E-state index contributed by atoms with van der Waals surface area (Å²) in [7, 11) is -3.46. The maximum atomic E-state index is 12.3. The van der Waals surface area contributed by atoms with E-state index in [1.54, 1.807) is 30.3 Å². The fraction of sp³-hybridized carbons (Fsp3) is 0.0667. The van der Waals surface area contributed by atoms with E-state index in [0.29, 0.717) is 16.3 Å². The molecule has 0 aliphatic carbocycles. The first-order valence-corrected chi connectivity index (χ1v) is 7.86. The van der Waals surface area contributed by atoms with Gasteiger partial charge in [0, 0.05) is 5.02 Å². The van der Waals surface area contributed by atoms with E-state index in [0.717, 1.165) is 0 Å². The van der Waals surface area contributed by atoms with Crippen molar-refractivity contribution < 1.29 is 13.2 Å². The fourth-order valence-electron chi connectivity index (χ4n) is 2.06. The number of benzene rings is 2. The van der Waals surface area contributed by atoms with E-state index in [4.69, 9.17) is 16.3 Å². The monoisotopic (exact) mass is 306 g/mol. The molecule has 0 bridgehead atoms. The van der Waals surface area contributed by atoms with Crippen LogP contribution in [0.1, 0.15) is 5.56 Å². The molecule has 0 N–H and O–H groups in total. The van der Waals surface area contributed by atoms with Crippen LogP contribution in [0.3, 0.4) is 0 Å². The molecular formula is C15H11ClO3S. The largest absolute Gasteiger partial charge is 0.488 e. The minimum absolute atomic E-state index is 0.0125. The molecule has 2 aromatic rings. The van der Waals surface area contributed by atoms with Crippen LogP contribution >= 0.6 is 11.6 Å². The molecule has 5 heteroatoms. The quantitative estimate of drug-likeness (QED) is 0.871. The molecule has 0 amide bonds. The molecule has 3 rings (SSSR count).